The van der Waals surface area contributed by atoms with Gasteiger partial charge in [-0.1, -0.05) is 25.6 Å². The van der Waals surface area contributed by atoms with Gasteiger partial charge in [0.05, 0.1) is 11.2 Å². The van der Waals surface area contributed by atoms with Crippen molar-refractivity contribution in [2.24, 2.45) is 0 Å². The number of nitrogens with zero attached hydrogens (tertiary/aromatic N) is 2. The van der Waals surface area contributed by atoms with Gasteiger partial charge in [-0.25, -0.2) is 9.97 Å². The quantitative estimate of drug-likeness (QED) is 0.852. The predicted molar refractivity (Wildman–Crippen MR) is 73.2 cm³/mol. The summed E-state index contributed by atoms with van der Waals surface area (Å²) in [6.07, 6.45) is 1.70. The van der Waals surface area contributed by atoms with Gasteiger partial charge < -0.3 is 9.73 Å². The lowest BCUT2D eigenvalue weighted by Crippen LogP contribution is -2.02. The van der Waals surface area contributed by atoms with Crippen LogP contribution < -0.4 is 5.32 Å². The third-order valence-corrected chi connectivity index (χ3v) is 3.58. The monoisotopic (exact) mass is 263 g/mol. The van der Waals surface area contributed by atoms with Crippen molar-refractivity contribution in [2.45, 2.75) is 36.6 Å². The molecule has 0 aliphatic rings. The summed E-state index contributed by atoms with van der Waals surface area (Å²) in [5, 5.41) is 4.00. The van der Waals surface area contributed by atoms with Gasteiger partial charge in [-0.15, -0.1) is 0 Å². The summed E-state index contributed by atoms with van der Waals surface area (Å²) in [5.41, 5.74) is 0. The number of nitrogens with one attached hydrogen (secondary N) is 1. The lowest BCUT2D eigenvalue weighted by Gasteiger charge is -2.09. The average Bonchev–Trinajstić information content (AvgIpc) is 2.74. The highest BCUT2D eigenvalue weighted by atomic mass is 32.2. The molecule has 5 heteroatoms. The van der Waals surface area contributed by atoms with Crippen LogP contribution in [0.5, 0.6) is 0 Å². The highest BCUT2D eigenvalue weighted by Crippen LogP contribution is 2.31. The van der Waals surface area contributed by atoms with Crippen molar-refractivity contribution in [3.8, 4) is 0 Å². The highest BCUT2D eigenvalue weighted by Gasteiger charge is 2.10. The number of furan rings is 1. The number of hydrogen-bond donors (Lipinski definition) is 1. The minimum absolute atomic E-state index is 0.308. The summed E-state index contributed by atoms with van der Waals surface area (Å²) in [5.74, 6) is 2.92. The second-order valence-electron chi connectivity index (χ2n) is 4.30. The second kappa shape index (κ2) is 5.44. The van der Waals surface area contributed by atoms with Gasteiger partial charge in [-0.05, 0) is 13.0 Å². The highest BCUT2D eigenvalue weighted by molar-refractivity contribution is 7.99. The van der Waals surface area contributed by atoms with E-state index in [1.54, 1.807) is 18.0 Å². The molecule has 18 heavy (non-hydrogen) atoms. The van der Waals surface area contributed by atoms with E-state index < -0.39 is 0 Å². The second-order valence-corrected chi connectivity index (χ2v) is 5.36. The summed E-state index contributed by atoms with van der Waals surface area (Å²) < 4.78 is 5.29. The van der Waals surface area contributed by atoms with Crippen molar-refractivity contribution in [1.29, 1.82) is 0 Å². The van der Waals surface area contributed by atoms with E-state index >= 15 is 0 Å². The maximum absolute atomic E-state index is 5.29. The lowest BCUT2D eigenvalue weighted by atomic mass is 10.2. The Balaban J connectivity index is 2.32. The van der Waals surface area contributed by atoms with E-state index in [2.05, 4.69) is 29.1 Å². The molecule has 4 nitrogen and oxygen atoms in total. The summed E-state index contributed by atoms with van der Waals surface area (Å²) in [4.78, 5) is 10.1. The molecule has 2 heterocycles. The number of hydrogen-bond acceptors (Lipinski definition) is 5. The van der Waals surface area contributed by atoms with Crippen molar-refractivity contribution < 1.29 is 4.42 Å². The topological polar surface area (TPSA) is 51.0 Å². The molecular formula is C13H17N3OS. The van der Waals surface area contributed by atoms with Crippen LogP contribution >= 0.6 is 11.8 Å². The molecule has 0 aliphatic heterocycles. The van der Waals surface area contributed by atoms with Crippen molar-refractivity contribution in [3.63, 3.8) is 0 Å². The Morgan fingerprint density at radius 3 is 2.67 bits per heavy atom. The van der Waals surface area contributed by atoms with Crippen molar-refractivity contribution in [1.82, 2.24) is 9.97 Å². The first-order chi connectivity index (χ1) is 8.60. The molecule has 0 fully saturated rings. The van der Waals surface area contributed by atoms with E-state index in [9.17, 15) is 0 Å². The van der Waals surface area contributed by atoms with Crippen LogP contribution in [0.3, 0.4) is 0 Å². The van der Waals surface area contributed by atoms with Crippen LogP contribution in [-0.2, 0) is 0 Å². The largest absolute Gasteiger partial charge is 0.468 e. The average molecular weight is 263 g/mol. The summed E-state index contributed by atoms with van der Waals surface area (Å²) in [6, 6.07) is 3.90. The maximum Gasteiger partial charge on any atom is 0.134 e. The fourth-order valence-electron chi connectivity index (χ4n) is 1.47. The van der Waals surface area contributed by atoms with Gasteiger partial charge >= 0.3 is 0 Å². The fraction of sp³-hybridized carbons (Fsp3) is 0.385. The lowest BCUT2D eigenvalue weighted by molar-refractivity contribution is 0.527. The first-order valence-corrected chi connectivity index (χ1v) is 6.70. The van der Waals surface area contributed by atoms with Crippen LogP contribution in [0.15, 0.2) is 32.7 Å². The first kappa shape index (κ1) is 13.0. The van der Waals surface area contributed by atoms with Gasteiger partial charge in [0.1, 0.15) is 22.4 Å². The molecule has 0 radical (unpaired) electrons. The molecule has 0 amide bonds. The zero-order chi connectivity index (χ0) is 13.1. The van der Waals surface area contributed by atoms with Crippen molar-refractivity contribution >= 4 is 17.6 Å². The molecule has 96 valence electrons. The molecule has 0 aliphatic carbocycles. The van der Waals surface area contributed by atoms with Crippen molar-refractivity contribution in [2.75, 3.05) is 12.4 Å². The smallest absolute Gasteiger partial charge is 0.134 e. The molecule has 2 rings (SSSR count). The Kier molecular flexibility index (Phi) is 3.91. The molecule has 0 saturated carbocycles. The minimum Gasteiger partial charge on any atom is -0.468 e. The molecule has 0 spiro atoms. The number of rotatable bonds is 4. The van der Waals surface area contributed by atoms with Crippen LogP contribution in [-0.4, -0.2) is 17.0 Å². The molecule has 0 atom stereocenters. The number of aromatic nitrogens is 2. The van der Waals surface area contributed by atoms with Gasteiger partial charge in [0.2, 0.25) is 0 Å². The molecule has 0 unspecified atom stereocenters. The molecule has 0 aromatic carbocycles. The number of aryl methyl sites for hydroxylation is 1. The third-order valence-electron chi connectivity index (χ3n) is 2.52. The Labute approximate surface area is 111 Å². The minimum atomic E-state index is 0.308. The normalized spacial score (nSPS) is 10.9. The Bertz CT molecular complexity index is 537. The molecule has 2 aromatic rings. The molecule has 2 aromatic heterocycles. The predicted octanol–water partition coefficient (Wildman–Crippen LogP) is 3.69. The Morgan fingerprint density at radius 1 is 1.33 bits per heavy atom. The van der Waals surface area contributed by atoms with Gasteiger partial charge in [0, 0.05) is 19.0 Å². The van der Waals surface area contributed by atoms with Crippen LogP contribution in [0.1, 0.15) is 31.4 Å². The van der Waals surface area contributed by atoms with Crippen LogP contribution in [0.4, 0.5) is 5.82 Å². The van der Waals surface area contributed by atoms with E-state index in [4.69, 9.17) is 4.42 Å². The molecule has 0 bridgehead atoms. The zero-order valence-electron chi connectivity index (χ0n) is 11.0. The van der Waals surface area contributed by atoms with Crippen molar-refractivity contribution in [3.05, 3.63) is 30.0 Å². The zero-order valence-corrected chi connectivity index (χ0v) is 11.8. The first-order valence-electron chi connectivity index (χ1n) is 5.89. The van der Waals surface area contributed by atoms with E-state index in [1.807, 2.05) is 26.1 Å². The Hall–Kier alpha value is -1.49. The fourth-order valence-corrected chi connectivity index (χ4v) is 2.32. The van der Waals surface area contributed by atoms with E-state index in [1.165, 1.54) is 0 Å². The molecule has 1 N–H and O–H groups in total. The van der Waals surface area contributed by atoms with E-state index in [-0.39, 0.29) is 0 Å². The van der Waals surface area contributed by atoms with Crippen LogP contribution in [0, 0.1) is 6.92 Å². The van der Waals surface area contributed by atoms with Gasteiger partial charge in [0.25, 0.3) is 0 Å². The maximum atomic E-state index is 5.29. The van der Waals surface area contributed by atoms with Gasteiger partial charge in [-0.3, -0.25) is 0 Å². The summed E-state index contributed by atoms with van der Waals surface area (Å²) >= 11 is 1.60. The molecular weight excluding hydrogens is 246 g/mol. The van der Waals surface area contributed by atoms with E-state index in [0.717, 1.165) is 27.3 Å². The summed E-state index contributed by atoms with van der Waals surface area (Å²) in [6.45, 7) is 6.13. The van der Waals surface area contributed by atoms with Gasteiger partial charge in [0.15, 0.2) is 0 Å². The SMILES string of the molecule is CNc1cc(Sc2ccoc2C)nc(C(C)C)n1. The standard InChI is InChI=1S/C13H17N3OS/c1-8(2)13-15-11(14-4)7-12(16-13)18-10-5-6-17-9(10)3/h5-8H,1-4H3,(H,14,15,16). The number of anilines is 1. The van der Waals surface area contributed by atoms with Gasteiger partial charge in [-0.2, -0.15) is 0 Å². The van der Waals surface area contributed by atoms with Crippen LogP contribution in [0.2, 0.25) is 0 Å². The third kappa shape index (κ3) is 2.85. The molecule has 0 saturated heterocycles. The van der Waals surface area contributed by atoms with E-state index in [0.29, 0.717) is 5.92 Å². The summed E-state index contributed by atoms with van der Waals surface area (Å²) in [7, 11) is 1.87. The van der Waals surface area contributed by atoms with Crippen LogP contribution in [0.25, 0.3) is 0 Å². The Morgan fingerprint density at radius 2 is 2.11 bits per heavy atom.